The average molecular weight is 464 g/mol. The molecule has 1 saturated heterocycles. The summed E-state index contributed by atoms with van der Waals surface area (Å²) in [6, 6.07) is 11.5. The van der Waals surface area contributed by atoms with Crippen molar-refractivity contribution < 1.29 is 22.8 Å². The first-order valence-electron chi connectivity index (χ1n) is 10.5. The van der Waals surface area contributed by atoms with Crippen molar-refractivity contribution in [2.24, 2.45) is 5.92 Å². The summed E-state index contributed by atoms with van der Waals surface area (Å²) < 4.78 is 32.8. The molecule has 174 valence electrons. The Morgan fingerprint density at radius 1 is 1.24 bits per heavy atom. The number of benzene rings is 2. The van der Waals surface area contributed by atoms with Gasteiger partial charge in [0, 0.05) is 24.2 Å². The quantitative estimate of drug-likeness (QED) is 0.359. The summed E-state index contributed by atoms with van der Waals surface area (Å²) in [7, 11) is 0. The van der Waals surface area contributed by atoms with Crippen LogP contribution in [-0.2, 0) is 16.1 Å². The molecule has 1 fully saturated rings. The van der Waals surface area contributed by atoms with Gasteiger partial charge in [0.25, 0.3) is 0 Å². The lowest BCUT2D eigenvalue weighted by Crippen LogP contribution is -2.28. The van der Waals surface area contributed by atoms with Crippen LogP contribution in [0.4, 0.5) is 20.2 Å². The number of halogens is 2. The molecule has 1 aromatic heterocycles. The number of hydrogen-bond donors (Lipinski definition) is 3. The first-order chi connectivity index (χ1) is 16.3. The van der Waals surface area contributed by atoms with Crippen LogP contribution in [0.2, 0.25) is 0 Å². The van der Waals surface area contributed by atoms with Crippen LogP contribution in [0.25, 0.3) is 6.08 Å². The maximum atomic E-state index is 14.5. The Bertz CT molecular complexity index is 1250. The number of amides is 2. The molecule has 1 unspecified atom stereocenters. The van der Waals surface area contributed by atoms with Crippen LogP contribution in [0.1, 0.15) is 23.3 Å². The molecule has 4 rings (SSSR count). The van der Waals surface area contributed by atoms with Crippen molar-refractivity contribution in [1.29, 1.82) is 5.41 Å². The second kappa shape index (κ2) is 9.70. The number of carbonyl (C=O) groups excluding carboxylic acids is 2. The molecule has 1 atom stereocenters. The SMILES string of the molecule is N=C(/C=C/c1ccc(F)cc1)c1cc(NC(=O)C2CC(=O)N(Cc3ccco3)C2)c(F)cc1N. The van der Waals surface area contributed by atoms with Crippen LogP contribution in [0.3, 0.4) is 0 Å². The molecule has 4 N–H and O–H groups in total. The zero-order valence-corrected chi connectivity index (χ0v) is 18.1. The molecule has 3 aromatic rings. The smallest absolute Gasteiger partial charge is 0.229 e. The average Bonchev–Trinajstić information content (AvgIpc) is 3.45. The van der Waals surface area contributed by atoms with Gasteiger partial charge in [-0.1, -0.05) is 18.2 Å². The third kappa shape index (κ3) is 5.20. The van der Waals surface area contributed by atoms with E-state index in [-0.39, 0.29) is 53.9 Å². The third-order valence-electron chi connectivity index (χ3n) is 5.51. The van der Waals surface area contributed by atoms with Crippen molar-refractivity contribution in [1.82, 2.24) is 4.90 Å². The fraction of sp³-hybridized carbons (Fsp3) is 0.160. The van der Waals surface area contributed by atoms with Crippen molar-refractivity contribution >= 4 is 35.0 Å². The molecule has 0 aliphatic carbocycles. The Balaban J connectivity index is 1.45. The highest BCUT2D eigenvalue weighted by molar-refractivity contribution is 6.12. The van der Waals surface area contributed by atoms with Gasteiger partial charge in [0.1, 0.15) is 17.4 Å². The summed E-state index contributed by atoms with van der Waals surface area (Å²) in [5, 5.41) is 10.8. The molecule has 2 heterocycles. The fourth-order valence-corrected chi connectivity index (χ4v) is 3.69. The predicted molar refractivity (Wildman–Crippen MR) is 124 cm³/mol. The summed E-state index contributed by atoms with van der Waals surface area (Å²) in [5.74, 6) is -1.86. The number of rotatable bonds is 7. The number of allylic oxidation sites excluding steroid dienone is 1. The van der Waals surface area contributed by atoms with Crippen LogP contribution in [0.5, 0.6) is 0 Å². The number of nitrogens with two attached hydrogens (primary N) is 1. The Morgan fingerprint density at radius 2 is 2.00 bits per heavy atom. The van der Waals surface area contributed by atoms with Gasteiger partial charge in [-0.15, -0.1) is 0 Å². The Labute approximate surface area is 194 Å². The van der Waals surface area contributed by atoms with E-state index in [0.29, 0.717) is 11.3 Å². The summed E-state index contributed by atoms with van der Waals surface area (Å²) in [5.41, 5.74) is 6.67. The molecule has 0 spiro atoms. The molecule has 7 nitrogen and oxygen atoms in total. The maximum Gasteiger partial charge on any atom is 0.229 e. The number of likely N-dealkylation sites (tertiary alicyclic amines) is 1. The van der Waals surface area contributed by atoms with E-state index in [4.69, 9.17) is 15.6 Å². The van der Waals surface area contributed by atoms with E-state index in [1.54, 1.807) is 30.3 Å². The molecular formula is C25H22F2N4O3. The largest absolute Gasteiger partial charge is 0.467 e. The highest BCUT2D eigenvalue weighted by atomic mass is 19.1. The Morgan fingerprint density at radius 3 is 2.71 bits per heavy atom. The van der Waals surface area contributed by atoms with Crippen LogP contribution >= 0.6 is 0 Å². The number of furan rings is 1. The minimum Gasteiger partial charge on any atom is -0.467 e. The van der Waals surface area contributed by atoms with Gasteiger partial charge in [0.05, 0.1) is 30.1 Å². The normalized spacial score (nSPS) is 15.8. The second-order valence-electron chi connectivity index (χ2n) is 7.96. The predicted octanol–water partition coefficient (Wildman–Crippen LogP) is 4.21. The molecule has 1 aliphatic rings. The van der Waals surface area contributed by atoms with Gasteiger partial charge in [-0.05, 0) is 48.0 Å². The van der Waals surface area contributed by atoms with Crippen molar-refractivity contribution in [2.45, 2.75) is 13.0 Å². The molecule has 34 heavy (non-hydrogen) atoms. The minimum absolute atomic E-state index is 0.00617. The molecule has 2 aromatic carbocycles. The van der Waals surface area contributed by atoms with E-state index in [1.807, 2.05) is 0 Å². The number of anilines is 2. The van der Waals surface area contributed by atoms with Crippen LogP contribution in [0.15, 0.2) is 65.3 Å². The van der Waals surface area contributed by atoms with Crippen LogP contribution < -0.4 is 11.1 Å². The monoisotopic (exact) mass is 464 g/mol. The fourth-order valence-electron chi connectivity index (χ4n) is 3.69. The van der Waals surface area contributed by atoms with Crippen molar-refractivity contribution in [3.8, 4) is 0 Å². The highest BCUT2D eigenvalue weighted by Crippen LogP contribution is 2.26. The van der Waals surface area contributed by atoms with Gasteiger partial charge in [0.15, 0.2) is 0 Å². The first-order valence-corrected chi connectivity index (χ1v) is 10.5. The number of nitrogens with one attached hydrogen (secondary N) is 2. The number of hydrogen-bond acceptors (Lipinski definition) is 5. The van der Waals surface area contributed by atoms with Gasteiger partial charge in [0.2, 0.25) is 11.8 Å². The second-order valence-corrected chi connectivity index (χ2v) is 7.96. The number of nitrogens with zero attached hydrogens (tertiary/aromatic N) is 1. The summed E-state index contributed by atoms with van der Waals surface area (Å²) in [6.07, 6.45) is 4.56. The first kappa shape index (κ1) is 22.9. The lowest BCUT2D eigenvalue weighted by Gasteiger charge is -2.16. The van der Waals surface area contributed by atoms with Crippen LogP contribution in [0, 0.1) is 23.0 Å². The van der Waals surface area contributed by atoms with Gasteiger partial charge >= 0.3 is 0 Å². The van der Waals surface area contributed by atoms with E-state index in [1.165, 1.54) is 35.4 Å². The van der Waals surface area contributed by atoms with E-state index in [9.17, 15) is 18.4 Å². The van der Waals surface area contributed by atoms with Crippen molar-refractivity contribution in [3.05, 3.63) is 89.4 Å². The lowest BCUT2D eigenvalue weighted by atomic mass is 10.0. The number of nitrogen functional groups attached to an aromatic ring is 1. The maximum absolute atomic E-state index is 14.5. The molecule has 0 bridgehead atoms. The molecule has 0 saturated carbocycles. The van der Waals surface area contributed by atoms with Gasteiger partial charge in [-0.3, -0.25) is 9.59 Å². The van der Waals surface area contributed by atoms with Crippen LogP contribution in [-0.4, -0.2) is 29.0 Å². The van der Waals surface area contributed by atoms with E-state index < -0.39 is 17.6 Å². The molecule has 1 aliphatic heterocycles. The minimum atomic E-state index is -0.748. The standard InChI is InChI=1S/C25H22F2N4O3/c26-17-6-3-15(4-7-17)5-8-21(28)19-11-23(20(27)12-22(19)29)30-25(33)16-10-24(32)31(13-16)14-18-2-1-9-34-18/h1-9,11-12,16,28H,10,13-14,29H2,(H,30,33)/b8-5+,28-21?. The Hall–Kier alpha value is -4.27. The molecule has 2 amide bonds. The van der Waals surface area contributed by atoms with E-state index in [0.717, 1.165) is 6.07 Å². The van der Waals surface area contributed by atoms with Gasteiger partial charge < -0.3 is 25.8 Å². The van der Waals surface area contributed by atoms with Gasteiger partial charge in [-0.25, -0.2) is 8.78 Å². The topological polar surface area (TPSA) is 112 Å². The zero-order valence-electron chi connectivity index (χ0n) is 18.1. The molecule has 9 heteroatoms. The summed E-state index contributed by atoms with van der Waals surface area (Å²) in [6.45, 7) is 0.443. The summed E-state index contributed by atoms with van der Waals surface area (Å²) >= 11 is 0. The number of carbonyl (C=O) groups is 2. The van der Waals surface area contributed by atoms with Gasteiger partial charge in [-0.2, -0.15) is 0 Å². The molecule has 0 radical (unpaired) electrons. The van der Waals surface area contributed by atoms with E-state index >= 15 is 0 Å². The highest BCUT2D eigenvalue weighted by Gasteiger charge is 2.35. The lowest BCUT2D eigenvalue weighted by molar-refractivity contribution is -0.128. The van der Waals surface area contributed by atoms with Crippen molar-refractivity contribution in [2.75, 3.05) is 17.6 Å². The third-order valence-corrected chi connectivity index (χ3v) is 5.51. The van der Waals surface area contributed by atoms with Crippen molar-refractivity contribution in [3.63, 3.8) is 0 Å². The molecular weight excluding hydrogens is 442 g/mol. The summed E-state index contributed by atoms with van der Waals surface area (Å²) in [4.78, 5) is 26.6. The van der Waals surface area contributed by atoms with E-state index in [2.05, 4.69) is 5.32 Å². The zero-order chi connectivity index (χ0) is 24.2. The Kier molecular flexibility index (Phi) is 6.53.